The number of carbonyl (C=O) groups is 1. The molecule has 0 atom stereocenters. The summed E-state index contributed by atoms with van der Waals surface area (Å²) >= 11 is 0. The number of aromatic hydroxyl groups is 1. The Bertz CT molecular complexity index is 1630. The Morgan fingerprint density at radius 1 is 0.718 bits per heavy atom. The molecule has 10 nitrogen and oxygen atoms in total. The molecule has 0 saturated carbocycles. The van der Waals surface area contributed by atoms with Gasteiger partial charge in [0.05, 0.1) is 48.2 Å². The second-order valence-corrected chi connectivity index (χ2v) is 8.37. The fourth-order valence-electron chi connectivity index (χ4n) is 4.51. The van der Waals surface area contributed by atoms with E-state index in [1.807, 2.05) is 0 Å². The second-order valence-electron chi connectivity index (χ2n) is 8.37. The molecular weight excluding hydrogens is 508 g/mol. The molecular formula is C29H28O10. The molecule has 10 heteroatoms. The van der Waals surface area contributed by atoms with Crippen molar-refractivity contribution in [2.45, 2.75) is 6.92 Å². The highest BCUT2D eigenvalue weighted by Crippen LogP contribution is 2.50. The quantitative estimate of drug-likeness (QED) is 0.290. The van der Waals surface area contributed by atoms with Crippen molar-refractivity contribution >= 4 is 16.8 Å². The molecule has 0 saturated heterocycles. The highest BCUT2D eigenvalue weighted by atomic mass is 16.5. The zero-order chi connectivity index (χ0) is 28.4. The molecule has 39 heavy (non-hydrogen) atoms. The molecule has 4 rings (SSSR count). The molecule has 0 aliphatic carbocycles. The van der Waals surface area contributed by atoms with Crippen molar-refractivity contribution in [2.75, 3.05) is 42.7 Å². The van der Waals surface area contributed by atoms with E-state index in [1.165, 1.54) is 61.7 Å². The summed E-state index contributed by atoms with van der Waals surface area (Å²) in [5, 5.41) is 10.8. The maximum atomic E-state index is 13.3. The van der Waals surface area contributed by atoms with Gasteiger partial charge in [0.1, 0.15) is 51.0 Å². The van der Waals surface area contributed by atoms with E-state index in [4.69, 9.17) is 32.8 Å². The van der Waals surface area contributed by atoms with Crippen molar-refractivity contribution in [3.8, 4) is 62.7 Å². The number of fused-ring (bicyclic) bond motifs is 1. The number of hydrogen-bond donors (Lipinski definition) is 1. The molecule has 4 aromatic rings. The molecule has 1 aromatic heterocycles. The first-order valence-electron chi connectivity index (χ1n) is 11.7. The van der Waals surface area contributed by atoms with Gasteiger partial charge < -0.3 is 37.9 Å². The van der Waals surface area contributed by atoms with Crippen LogP contribution < -0.4 is 33.8 Å². The van der Waals surface area contributed by atoms with Gasteiger partial charge >= 0.3 is 0 Å². The number of phenolic OH excluding ortho intramolecular Hbond substituents is 1. The van der Waals surface area contributed by atoms with Gasteiger partial charge in [-0.05, 0) is 19.1 Å². The molecule has 3 aromatic carbocycles. The SMILES string of the molecule is COc1cc(OC)c2c(=O)cc(-c3cc(OC)c(OC)cc3-c3c(OC)cc(O)c(C(C)=O)c3OC)oc2c1. The summed E-state index contributed by atoms with van der Waals surface area (Å²) in [6.45, 7) is 1.31. The Hall–Kier alpha value is -4.86. The van der Waals surface area contributed by atoms with Gasteiger partial charge in [0.25, 0.3) is 0 Å². The van der Waals surface area contributed by atoms with Gasteiger partial charge in [-0.1, -0.05) is 0 Å². The van der Waals surface area contributed by atoms with Gasteiger partial charge in [-0.15, -0.1) is 0 Å². The van der Waals surface area contributed by atoms with Crippen LogP contribution in [0.4, 0.5) is 0 Å². The molecule has 0 aliphatic rings. The fourth-order valence-corrected chi connectivity index (χ4v) is 4.51. The minimum absolute atomic E-state index is 0.0385. The monoisotopic (exact) mass is 536 g/mol. The molecule has 0 amide bonds. The average molecular weight is 537 g/mol. The number of Topliss-reactive ketones (excluding diaryl/α,β-unsaturated/α-hetero) is 1. The first-order chi connectivity index (χ1) is 18.7. The molecule has 0 unspecified atom stereocenters. The highest BCUT2D eigenvalue weighted by Gasteiger charge is 2.28. The van der Waals surface area contributed by atoms with Crippen molar-refractivity contribution in [1.29, 1.82) is 0 Å². The molecule has 0 radical (unpaired) electrons. The number of ketones is 1. The van der Waals surface area contributed by atoms with Gasteiger partial charge in [-0.3, -0.25) is 9.59 Å². The van der Waals surface area contributed by atoms with Crippen LogP contribution in [0.1, 0.15) is 17.3 Å². The molecule has 0 fully saturated rings. The maximum absolute atomic E-state index is 13.3. The Morgan fingerprint density at radius 3 is 1.87 bits per heavy atom. The third-order valence-corrected chi connectivity index (χ3v) is 6.28. The summed E-state index contributed by atoms with van der Waals surface area (Å²) in [5.74, 6) is 1.14. The van der Waals surface area contributed by atoms with Crippen LogP contribution in [-0.2, 0) is 0 Å². The smallest absolute Gasteiger partial charge is 0.197 e. The number of hydrogen-bond acceptors (Lipinski definition) is 10. The van der Waals surface area contributed by atoms with Crippen molar-refractivity contribution < 1.29 is 42.7 Å². The fraction of sp³-hybridized carbons (Fsp3) is 0.241. The third kappa shape index (κ3) is 4.65. The van der Waals surface area contributed by atoms with Gasteiger partial charge in [0.2, 0.25) is 0 Å². The number of rotatable bonds is 9. The number of carbonyl (C=O) groups excluding carboxylic acids is 1. The number of benzene rings is 3. The average Bonchev–Trinajstić information content (AvgIpc) is 2.94. The Balaban J connectivity index is 2.18. The summed E-state index contributed by atoms with van der Waals surface area (Å²) < 4.78 is 39.3. The molecule has 0 aliphatic heterocycles. The highest BCUT2D eigenvalue weighted by molar-refractivity contribution is 6.04. The molecule has 0 bridgehead atoms. The predicted molar refractivity (Wildman–Crippen MR) is 144 cm³/mol. The van der Waals surface area contributed by atoms with Crippen molar-refractivity contribution in [1.82, 2.24) is 0 Å². The van der Waals surface area contributed by atoms with Crippen molar-refractivity contribution in [3.05, 3.63) is 52.2 Å². The van der Waals surface area contributed by atoms with Crippen molar-refractivity contribution in [3.63, 3.8) is 0 Å². The Labute approximate surface area is 224 Å². The van der Waals surface area contributed by atoms with E-state index in [0.717, 1.165) is 0 Å². The van der Waals surface area contributed by atoms with E-state index < -0.39 is 5.78 Å². The first-order valence-corrected chi connectivity index (χ1v) is 11.7. The number of methoxy groups -OCH3 is 6. The number of ether oxygens (including phenoxy) is 6. The van der Waals surface area contributed by atoms with Gasteiger partial charge in [0, 0.05) is 35.4 Å². The zero-order valence-corrected chi connectivity index (χ0v) is 22.6. The predicted octanol–water partition coefficient (Wildman–Crippen LogP) is 5.09. The standard InChI is InChI=1S/C29H28O10/c1-14(30)26-18(31)13-24(37-6)27(29(26)38-7)17-11-22(35-4)21(34-3)10-16(17)20-12-19(32)28-23(36-5)8-15(33-2)9-25(28)39-20/h8-13,31H,1-7H3. The minimum Gasteiger partial charge on any atom is -0.507 e. The molecule has 204 valence electrons. The van der Waals surface area contributed by atoms with Crippen molar-refractivity contribution in [2.24, 2.45) is 0 Å². The third-order valence-electron chi connectivity index (χ3n) is 6.28. The second kappa shape index (κ2) is 10.9. The summed E-state index contributed by atoms with van der Waals surface area (Å²) in [5.41, 5.74) is 0.962. The van der Waals surface area contributed by atoms with Crippen LogP contribution >= 0.6 is 0 Å². The summed E-state index contributed by atoms with van der Waals surface area (Å²) in [4.78, 5) is 25.9. The number of phenols is 1. The van der Waals surface area contributed by atoms with E-state index in [1.54, 1.807) is 24.3 Å². The van der Waals surface area contributed by atoms with Crippen LogP contribution in [0, 0.1) is 0 Å². The lowest BCUT2D eigenvalue weighted by molar-refractivity contribution is 0.101. The largest absolute Gasteiger partial charge is 0.507 e. The van der Waals surface area contributed by atoms with E-state index in [-0.39, 0.29) is 45.0 Å². The van der Waals surface area contributed by atoms with Crippen LogP contribution in [0.15, 0.2) is 45.6 Å². The van der Waals surface area contributed by atoms with Gasteiger partial charge in [-0.2, -0.15) is 0 Å². The first kappa shape index (κ1) is 27.2. The van der Waals surface area contributed by atoms with Crippen LogP contribution in [0.3, 0.4) is 0 Å². The van der Waals surface area contributed by atoms with E-state index >= 15 is 0 Å². The summed E-state index contributed by atoms with van der Waals surface area (Å²) in [6.07, 6.45) is 0. The summed E-state index contributed by atoms with van der Waals surface area (Å²) in [7, 11) is 8.68. The Kier molecular flexibility index (Phi) is 7.57. The van der Waals surface area contributed by atoms with E-state index in [9.17, 15) is 14.7 Å². The normalized spacial score (nSPS) is 10.7. The lowest BCUT2D eigenvalue weighted by Crippen LogP contribution is -2.05. The van der Waals surface area contributed by atoms with Gasteiger partial charge in [-0.25, -0.2) is 0 Å². The lowest BCUT2D eigenvalue weighted by atomic mass is 9.92. The Morgan fingerprint density at radius 2 is 1.33 bits per heavy atom. The topological polar surface area (TPSA) is 123 Å². The van der Waals surface area contributed by atoms with Crippen LogP contribution in [0.5, 0.6) is 40.2 Å². The molecule has 1 N–H and O–H groups in total. The minimum atomic E-state index is -0.424. The van der Waals surface area contributed by atoms with Crippen LogP contribution in [0.2, 0.25) is 0 Å². The molecule has 0 spiro atoms. The zero-order valence-electron chi connectivity index (χ0n) is 22.6. The van der Waals surface area contributed by atoms with Crippen LogP contribution in [0.25, 0.3) is 33.4 Å². The summed E-state index contributed by atoms with van der Waals surface area (Å²) in [6, 6.07) is 9.10. The van der Waals surface area contributed by atoms with Crippen LogP contribution in [-0.4, -0.2) is 53.5 Å². The van der Waals surface area contributed by atoms with E-state index in [0.29, 0.717) is 39.7 Å². The molecule has 1 heterocycles. The van der Waals surface area contributed by atoms with Gasteiger partial charge in [0.15, 0.2) is 22.7 Å². The maximum Gasteiger partial charge on any atom is 0.197 e. The lowest BCUT2D eigenvalue weighted by Gasteiger charge is -2.21. The van der Waals surface area contributed by atoms with E-state index in [2.05, 4.69) is 0 Å².